The number of nitrogens with zero attached hydrogens (tertiary/aromatic N) is 3. The van der Waals surface area contributed by atoms with Crippen molar-refractivity contribution >= 4 is 23.4 Å². The number of hydrogen-bond acceptors (Lipinski definition) is 7. The van der Waals surface area contributed by atoms with Gasteiger partial charge in [0.1, 0.15) is 17.5 Å². The van der Waals surface area contributed by atoms with Crippen molar-refractivity contribution in [1.82, 2.24) is 9.13 Å². The molecule has 0 saturated heterocycles. The lowest BCUT2D eigenvalue weighted by Crippen LogP contribution is -2.40. The number of fused-ring (bicyclic) bond motifs is 1. The normalized spacial score (nSPS) is 14.9. The van der Waals surface area contributed by atoms with Crippen LogP contribution in [0.3, 0.4) is 0 Å². The molecule has 4 aromatic rings. The van der Waals surface area contributed by atoms with Crippen molar-refractivity contribution in [2.24, 2.45) is 4.99 Å². The maximum absolute atomic E-state index is 14.3. The minimum Gasteiger partial charge on any atom is -0.497 e. The minimum atomic E-state index is -0.802. The van der Waals surface area contributed by atoms with Crippen LogP contribution >= 0.6 is 11.3 Å². The zero-order chi connectivity index (χ0) is 30.8. The first kappa shape index (κ1) is 30.1. The van der Waals surface area contributed by atoms with E-state index in [0.717, 1.165) is 29.1 Å². The molecule has 0 fully saturated rings. The molecule has 1 aliphatic rings. The average Bonchev–Trinajstić information content (AvgIpc) is 3.45. The van der Waals surface area contributed by atoms with E-state index in [4.69, 9.17) is 19.2 Å². The summed E-state index contributed by atoms with van der Waals surface area (Å²) in [5, 5.41) is 0. The molecule has 0 unspecified atom stereocenters. The molecule has 8 nitrogen and oxygen atoms in total. The van der Waals surface area contributed by atoms with Crippen molar-refractivity contribution in [2.45, 2.75) is 53.5 Å². The Balaban J connectivity index is 1.77. The second kappa shape index (κ2) is 12.5. The Morgan fingerprint density at radius 3 is 2.51 bits per heavy atom. The van der Waals surface area contributed by atoms with Crippen LogP contribution in [-0.4, -0.2) is 35.9 Å². The maximum atomic E-state index is 14.3. The number of allylic oxidation sites excluding steroid dienone is 1. The third-order valence-electron chi connectivity index (χ3n) is 7.64. The van der Waals surface area contributed by atoms with Gasteiger partial charge in [-0.2, -0.15) is 0 Å². The Morgan fingerprint density at radius 1 is 1.05 bits per heavy atom. The molecule has 1 aliphatic heterocycles. The molecule has 5 rings (SSSR count). The van der Waals surface area contributed by atoms with Gasteiger partial charge in [-0.3, -0.25) is 9.36 Å². The number of esters is 1. The topological polar surface area (TPSA) is 84.0 Å². The van der Waals surface area contributed by atoms with Gasteiger partial charge in [0.15, 0.2) is 4.80 Å². The summed E-state index contributed by atoms with van der Waals surface area (Å²) in [4.78, 5) is 33.2. The number of carbonyl (C=O) groups excluding carboxylic acids is 1. The number of methoxy groups -OCH3 is 2. The molecular weight excluding hydrogens is 562 g/mol. The molecule has 2 aromatic carbocycles. The summed E-state index contributed by atoms with van der Waals surface area (Å²) in [7, 11) is 3.15. The monoisotopic (exact) mass is 599 g/mol. The predicted molar refractivity (Wildman–Crippen MR) is 169 cm³/mol. The van der Waals surface area contributed by atoms with Crippen LogP contribution in [0.2, 0.25) is 0 Å². The number of rotatable bonds is 9. The first-order valence-electron chi connectivity index (χ1n) is 14.4. The zero-order valence-corrected chi connectivity index (χ0v) is 26.5. The molecule has 2 aromatic heterocycles. The van der Waals surface area contributed by atoms with Crippen molar-refractivity contribution in [3.8, 4) is 17.2 Å². The summed E-state index contributed by atoms with van der Waals surface area (Å²) in [6, 6.07) is 15.0. The third kappa shape index (κ3) is 5.57. The lowest BCUT2D eigenvalue weighted by molar-refractivity contribution is -0.139. The summed E-state index contributed by atoms with van der Waals surface area (Å²) in [6.45, 7) is 10.2. The first-order valence-corrected chi connectivity index (χ1v) is 15.2. The number of hydrogen-bond donors (Lipinski definition) is 0. The van der Waals surface area contributed by atoms with Gasteiger partial charge in [-0.25, -0.2) is 9.79 Å². The van der Waals surface area contributed by atoms with Crippen molar-refractivity contribution in [2.75, 3.05) is 20.8 Å². The van der Waals surface area contributed by atoms with E-state index in [1.807, 2.05) is 25.1 Å². The third-order valence-corrected chi connectivity index (χ3v) is 8.62. The van der Waals surface area contributed by atoms with E-state index in [-0.39, 0.29) is 12.2 Å². The molecule has 0 aliphatic carbocycles. The Labute approximate surface area is 255 Å². The summed E-state index contributed by atoms with van der Waals surface area (Å²) in [5.74, 6) is 0.612. The van der Waals surface area contributed by atoms with Crippen LogP contribution in [0.25, 0.3) is 11.8 Å². The van der Waals surface area contributed by atoms with Crippen LogP contribution in [0.15, 0.2) is 69.6 Å². The Kier molecular flexibility index (Phi) is 8.73. The molecule has 0 N–H and O–H groups in total. The van der Waals surface area contributed by atoms with E-state index in [1.54, 1.807) is 37.8 Å². The molecular formula is C34H37N3O5S. The van der Waals surface area contributed by atoms with Crippen molar-refractivity contribution in [3.05, 3.63) is 108 Å². The van der Waals surface area contributed by atoms with Gasteiger partial charge in [0.05, 0.1) is 36.6 Å². The molecule has 43 heavy (non-hydrogen) atoms. The molecule has 9 heteroatoms. The van der Waals surface area contributed by atoms with Crippen molar-refractivity contribution < 1.29 is 19.0 Å². The fourth-order valence-electron chi connectivity index (χ4n) is 5.71. The Hall–Kier alpha value is -4.37. The van der Waals surface area contributed by atoms with Crippen molar-refractivity contribution in [3.63, 3.8) is 0 Å². The molecule has 0 bridgehead atoms. The minimum absolute atomic E-state index is 0.199. The molecule has 0 radical (unpaired) electrons. The maximum Gasteiger partial charge on any atom is 0.338 e. The van der Waals surface area contributed by atoms with E-state index in [9.17, 15) is 9.59 Å². The van der Waals surface area contributed by atoms with E-state index in [2.05, 4.69) is 49.6 Å². The number of carbonyl (C=O) groups is 1. The fraction of sp³-hybridized carbons (Fsp3) is 0.324. The standard InChI is InChI=1S/C34H37N3O5S/c1-8-11-27-30(33(39)42-9-2)31(26-19-25(40-6)14-15-28(26)41-7)37-32(38)29(43-34(37)35-27)18-23-17-21(4)36(22(23)5)24-13-10-12-20(3)16-24/h10,12-19,31H,8-9,11H2,1-7H3/b29-18-/t31-/m0/s1. The highest BCUT2D eigenvalue weighted by Gasteiger charge is 2.36. The van der Waals surface area contributed by atoms with Gasteiger partial charge in [0.2, 0.25) is 0 Å². The van der Waals surface area contributed by atoms with Gasteiger partial charge in [0, 0.05) is 22.6 Å². The molecule has 0 saturated carbocycles. The Morgan fingerprint density at radius 2 is 1.84 bits per heavy atom. The summed E-state index contributed by atoms with van der Waals surface area (Å²) in [6.07, 6.45) is 3.24. The van der Waals surface area contributed by atoms with Crippen LogP contribution in [-0.2, 0) is 9.53 Å². The van der Waals surface area contributed by atoms with E-state index in [1.165, 1.54) is 16.9 Å². The predicted octanol–water partition coefficient (Wildman–Crippen LogP) is 5.31. The second-order valence-electron chi connectivity index (χ2n) is 10.5. The van der Waals surface area contributed by atoms with Crippen LogP contribution in [0.4, 0.5) is 0 Å². The highest BCUT2D eigenvalue weighted by atomic mass is 32.1. The quantitative estimate of drug-likeness (QED) is 0.244. The smallest absolute Gasteiger partial charge is 0.338 e. The average molecular weight is 600 g/mol. The SMILES string of the molecule is CCCC1=C(C(=O)OCC)[C@H](c2cc(OC)ccc2OC)n2c(s/c(=C\c3cc(C)n(-c4cccc(C)c4)c3C)c2=O)=N1. The van der Waals surface area contributed by atoms with Gasteiger partial charge in [-0.05, 0) is 87.7 Å². The number of aromatic nitrogens is 2. The van der Waals surface area contributed by atoms with Crippen LogP contribution in [0.5, 0.6) is 11.5 Å². The van der Waals surface area contributed by atoms with Crippen LogP contribution in [0.1, 0.15) is 60.8 Å². The molecule has 224 valence electrons. The zero-order valence-electron chi connectivity index (χ0n) is 25.7. The number of benzene rings is 2. The fourth-order valence-corrected chi connectivity index (χ4v) is 6.72. The second-order valence-corrected chi connectivity index (χ2v) is 11.5. The van der Waals surface area contributed by atoms with E-state index < -0.39 is 12.0 Å². The molecule has 3 heterocycles. The highest BCUT2D eigenvalue weighted by Crippen LogP contribution is 2.38. The van der Waals surface area contributed by atoms with E-state index in [0.29, 0.717) is 44.1 Å². The van der Waals surface area contributed by atoms with Gasteiger partial charge < -0.3 is 18.8 Å². The number of aryl methyl sites for hydroxylation is 2. The van der Waals surface area contributed by atoms with Gasteiger partial charge >= 0.3 is 5.97 Å². The Bertz CT molecular complexity index is 1910. The number of ether oxygens (including phenoxy) is 3. The lowest BCUT2D eigenvalue weighted by Gasteiger charge is -2.27. The van der Waals surface area contributed by atoms with Crippen molar-refractivity contribution in [1.29, 1.82) is 0 Å². The molecule has 1 atom stereocenters. The summed E-state index contributed by atoms with van der Waals surface area (Å²) < 4.78 is 21.1. The van der Waals surface area contributed by atoms with Gasteiger partial charge in [0.25, 0.3) is 5.56 Å². The summed E-state index contributed by atoms with van der Waals surface area (Å²) >= 11 is 1.32. The van der Waals surface area contributed by atoms with Gasteiger partial charge in [-0.1, -0.05) is 36.8 Å². The molecule has 0 amide bonds. The van der Waals surface area contributed by atoms with Crippen LogP contribution < -0.4 is 24.4 Å². The lowest BCUT2D eigenvalue weighted by atomic mass is 9.93. The number of thiazole rings is 1. The molecule has 0 spiro atoms. The largest absolute Gasteiger partial charge is 0.497 e. The van der Waals surface area contributed by atoms with Crippen LogP contribution in [0, 0.1) is 20.8 Å². The summed E-state index contributed by atoms with van der Waals surface area (Å²) in [5.41, 5.74) is 6.62. The van der Waals surface area contributed by atoms with Gasteiger partial charge in [-0.15, -0.1) is 0 Å². The highest BCUT2D eigenvalue weighted by molar-refractivity contribution is 7.07. The first-order chi connectivity index (χ1) is 20.7. The van der Waals surface area contributed by atoms with E-state index >= 15 is 0 Å².